The van der Waals surface area contributed by atoms with Crippen LogP contribution in [0, 0.1) is 6.92 Å². The Morgan fingerprint density at radius 2 is 1.74 bits per heavy atom. The number of hydrogen-bond acceptors (Lipinski definition) is 7. The van der Waals surface area contributed by atoms with Crippen molar-refractivity contribution >= 4 is 50.0 Å². The lowest BCUT2D eigenvalue weighted by molar-refractivity contribution is -0.125. The fourth-order valence-electron chi connectivity index (χ4n) is 4.32. The van der Waals surface area contributed by atoms with Crippen molar-refractivity contribution in [1.82, 2.24) is 20.3 Å². The Balaban J connectivity index is 1.36. The van der Waals surface area contributed by atoms with Gasteiger partial charge in [0.05, 0.1) is 5.02 Å². The van der Waals surface area contributed by atoms with Crippen molar-refractivity contribution < 1.29 is 23.1 Å². The number of phenols is 1. The van der Waals surface area contributed by atoms with Gasteiger partial charge in [-0.25, -0.2) is 13.4 Å². The van der Waals surface area contributed by atoms with Crippen LogP contribution in [-0.2, 0) is 28.0 Å². The molecule has 0 atom stereocenters. The molecule has 1 heterocycles. The maximum Gasteiger partial charge on any atom is 0.243 e. The highest BCUT2D eigenvalue weighted by Crippen LogP contribution is 2.33. The summed E-state index contributed by atoms with van der Waals surface area (Å²) in [5, 5.41) is 16.4. The van der Waals surface area contributed by atoms with Crippen LogP contribution in [0.25, 0.3) is 10.9 Å². The van der Waals surface area contributed by atoms with Gasteiger partial charge in [0.1, 0.15) is 34.1 Å². The predicted molar refractivity (Wildman–Crippen MR) is 169 cm³/mol. The van der Waals surface area contributed by atoms with Crippen LogP contribution >= 0.6 is 23.2 Å². The zero-order chi connectivity index (χ0) is 31.2. The molecule has 43 heavy (non-hydrogen) atoms. The molecule has 4 N–H and O–H groups in total. The number of pyridine rings is 1. The number of nitrogens with zero attached hydrogens (tertiary/aromatic N) is 1. The van der Waals surface area contributed by atoms with Crippen LogP contribution in [0.2, 0.25) is 10.0 Å². The van der Waals surface area contributed by atoms with Crippen LogP contribution in [-0.4, -0.2) is 43.0 Å². The Morgan fingerprint density at radius 1 is 1.00 bits per heavy atom. The number of para-hydroxylation sites is 1. The van der Waals surface area contributed by atoms with Gasteiger partial charge >= 0.3 is 0 Å². The number of rotatable bonds is 13. The monoisotopic (exact) mass is 644 g/mol. The van der Waals surface area contributed by atoms with Gasteiger partial charge in [0, 0.05) is 34.8 Å². The quantitative estimate of drug-likeness (QED) is 0.142. The van der Waals surface area contributed by atoms with E-state index in [-0.39, 0.29) is 32.9 Å². The number of carbonyl (C=O) groups is 1. The SMILES string of the molecule is Cc1ccc2cccc(OCc3c(Cl)ccc(S(=O)(=O)NC(C)(C)C(=O)NCCCNCc4ccc(O)cc4)c3Cl)c2n1. The van der Waals surface area contributed by atoms with Crippen molar-refractivity contribution in [3.63, 3.8) is 0 Å². The van der Waals surface area contributed by atoms with Crippen LogP contribution in [0.15, 0.2) is 71.6 Å². The highest BCUT2D eigenvalue weighted by Gasteiger charge is 2.34. The van der Waals surface area contributed by atoms with Gasteiger partial charge in [0.15, 0.2) is 0 Å². The maximum absolute atomic E-state index is 13.4. The van der Waals surface area contributed by atoms with Crippen LogP contribution in [0.3, 0.4) is 0 Å². The van der Waals surface area contributed by atoms with E-state index < -0.39 is 21.5 Å². The van der Waals surface area contributed by atoms with Crippen molar-refractivity contribution in [1.29, 1.82) is 0 Å². The third-order valence-corrected chi connectivity index (χ3v) is 9.27. The number of halogens is 2. The lowest BCUT2D eigenvalue weighted by Crippen LogP contribution is -2.54. The lowest BCUT2D eigenvalue weighted by Gasteiger charge is -2.25. The molecule has 1 amide bonds. The molecule has 0 radical (unpaired) electrons. The average molecular weight is 646 g/mol. The summed E-state index contributed by atoms with van der Waals surface area (Å²) in [4.78, 5) is 17.2. The summed E-state index contributed by atoms with van der Waals surface area (Å²) < 4.78 is 35.3. The first-order valence-electron chi connectivity index (χ1n) is 13.6. The topological polar surface area (TPSA) is 130 Å². The highest BCUT2D eigenvalue weighted by molar-refractivity contribution is 7.89. The Labute approximate surface area is 261 Å². The number of hydrogen-bond donors (Lipinski definition) is 4. The Kier molecular flexibility index (Phi) is 10.5. The number of phenolic OH excluding ortho intramolecular Hbond substituents is 1. The fraction of sp³-hybridized carbons (Fsp3) is 0.290. The molecule has 0 aliphatic heterocycles. The predicted octanol–water partition coefficient (Wildman–Crippen LogP) is 5.49. The van der Waals surface area contributed by atoms with E-state index in [0.29, 0.717) is 37.3 Å². The van der Waals surface area contributed by atoms with E-state index in [4.69, 9.17) is 27.9 Å². The maximum atomic E-state index is 13.4. The summed E-state index contributed by atoms with van der Waals surface area (Å²) >= 11 is 13.0. The molecule has 228 valence electrons. The number of benzene rings is 3. The summed E-state index contributed by atoms with van der Waals surface area (Å²) in [6.45, 7) is 6.34. The van der Waals surface area contributed by atoms with Crippen molar-refractivity contribution in [2.24, 2.45) is 0 Å². The van der Waals surface area contributed by atoms with Crippen molar-refractivity contribution in [2.45, 2.75) is 50.8 Å². The number of carbonyl (C=O) groups excluding carboxylic acids is 1. The van der Waals surface area contributed by atoms with E-state index in [9.17, 15) is 18.3 Å². The third-order valence-electron chi connectivity index (χ3n) is 6.67. The standard InChI is InChI=1S/C31H34Cl2N4O5S/c1-20-8-11-22-6-4-7-26(29(22)36-20)42-19-24-25(32)14-15-27(28(24)33)43(40,41)37-31(2,3)30(39)35-17-5-16-34-18-21-9-12-23(38)13-10-21/h4,6-15,34,37-38H,5,16-19H2,1-3H3,(H,35,39). The van der Waals surface area contributed by atoms with Crippen LogP contribution < -0.4 is 20.1 Å². The Bertz CT molecular complexity index is 1710. The minimum Gasteiger partial charge on any atom is -0.508 e. The molecule has 3 aromatic carbocycles. The minimum absolute atomic E-state index is 0.0968. The van der Waals surface area contributed by atoms with E-state index in [0.717, 1.165) is 16.6 Å². The summed E-state index contributed by atoms with van der Waals surface area (Å²) in [7, 11) is -4.23. The largest absolute Gasteiger partial charge is 0.508 e. The third kappa shape index (κ3) is 8.36. The number of ether oxygens (including phenoxy) is 1. The van der Waals surface area contributed by atoms with Gasteiger partial charge in [-0.1, -0.05) is 53.5 Å². The van der Waals surface area contributed by atoms with Crippen LogP contribution in [0.5, 0.6) is 11.5 Å². The number of sulfonamides is 1. The summed E-state index contributed by atoms with van der Waals surface area (Å²) in [6, 6.07) is 19.0. The summed E-state index contributed by atoms with van der Waals surface area (Å²) in [5.74, 6) is 0.234. The molecular weight excluding hydrogens is 611 g/mol. The molecule has 0 spiro atoms. The zero-order valence-electron chi connectivity index (χ0n) is 24.1. The van der Waals surface area contributed by atoms with Crippen molar-refractivity contribution in [3.05, 3.63) is 93.6 Å². The first-order valence-corrected chi connectivity index (χ1v) is 15.9. The van der Waals surface area contributed by atoms with Crippen LogP contribution in [0.1, 0.15) is 37.1 Å². The number of amides is 1. The second kappa shape index (κ2) is 13.9. The van der Waals surface area contributed by atoms with E-state index in [1.54, 1.807) is 18.2 Å². The number of aromatic nitrogens is 1. The second-order valence-electron chi connectivity index (χ2n) is 10.6. The molecule has 9 nitrogen and oxygen atoms in total. The first kappa shape index (κ1) is 32.5. The number of aryl methyl sites for hydroxylation is 1. The van der Waals surface area contributed by atoms with Gasteiger partial charge in [-0.3, -0.25) is 4.79 Å². The zero-order valence-corrected chi connectivity index (χ0v) is 26.4. The molecule has 0 bridgehead atoms. The van der Waals surface area contributed by atoms with E-state index in [1.807, 2.05) is 43.3 Å². The molecule has 4 rings (SSSR count). The minimum atomic E-state index is -4.23. The van der Waals surface area contributed by atoms with Gasteiger partial charge in [-0.15, -0.1) is 0 Å². The molecule has 0 aliphatic carbocycles. The average Bonchev–Trinajstić information content (AvgIpc) is 2.95. The number of aromatic hydroxyl groups is 1. The molecule has 12 heteroatoms. The highest BCUT2D eigenvalue weighted by atomic mass is 35.5. The van der Waals surface area contributed by atoms with Gasteiger partial charge in [-0.05, 0) is 75.7 Å². The molecule has 0 saturated carbocycles. The number of nitrogens with one attached hydrogen (secondary N) is 3. The van der Waals surface area contributed by atoms with E-state index in [2.05, 4.69) is 20.3 Å². The summed E-state index contributed by atoms with van der Waals surface area (Å²) in [5.41, 5.74) is 1.34. The normalized spacial score (nSPS) is 11.9. The molecule has 0 aliphatic rings. The molecule has 0 fully saturated rings. The van der Waals surface area contributed by atoms with Gasteiger partial charge in [0.25, 0.3) is 0 Å². The molecular formula is C31H34Cl2N4O5S. The van der Waals surface area contributed by atoms with Crippen LogP contribution in [0.4, 0.5) is 0 Å². The first-order chi connectivity index (χ1) is 20.4. The Hall–Kier alpha value is -3.41. The van der Waals surface area contributed by atoms with Gasteiger partial charge < -0.3 is 20.5 Å². The van der Waals surface area contributed by atoms with Crippen molar-refractivity contribution in [2.75, 3.05) is 13.1 Å². The van der Waals surface area contributed by atoms with Gasteiger partial charge in [0.2, 0.25) is 15.9 Å². The molecule has 0 saturated heterocycles. The lowest BCUT2D eigenvalue weighted by atomic mass is 10.1. The molecule has 4 aromatic rings. The fourth-order valence-corrected chi connectivity index (χ4v) is 6.59. The molecule has 0 unspecified atom stereocenters. The smallest absolute Gasteiger partial charge is 0.243 e. The summed E-state index contributed by atoms with van der Waals surface area (Å²) in [6.07, 6.45) is 0.630. The van der Waals surface area contributed by atoms with Crippen molar-refractivity contribution in [3.8, 4) is 11.5 Å². The van der Waals surface area contributed by atoms with E-state index >= 15 is 0 Å². The Morgan fingerprint density at radius 3 is 2.49 bits per heavy atom. The van der Waals surface area contributed by atoms with Gasteiger partial charge in [-0.2, -0.15) is 4.72 Å². The second-order valence-corrected chi connectivity index (χ2v) is 13.0. The number of fused-ring (bicyclic) bond motifs is 1. The van der Waals surface area contributed by atoms with E-state index in [1.165, 1.54) is 26.0 Å². The molecule has 1 aromatic heterocycles.